The van der Waals surface area contributed by atoms with Gasteiger partial charge in [-0.1, -0.05) is 60.7 Å². The van der Waals surface area contributed by atoms with Crippen LogP contribution in [0.25, 0.3) is 44.2 Å². The van der Waals surface area contributed by atoms with E-state index in [1.54, 1.807) is 0 Å². The van der Waals surface area contributed by atoms with Crippen molar-refractivity contribution in [1.29, 1.82) is 10.5 Å². The molecule has 0 spiro atoms. The molecule has 0 N–H and O–H groups in total. The molecule has 0 fully saturated rings. The first-order valence-corrected chi connectivity index (χ1v) is 10.3. The monoisotopic (exact) mass is 408 g/mol. The maximum Gasteiger partial charge on any atom is 0.101 e. The highest BCUT2D eigenvalue weighted by Crippen LogP contribution is 2.41. The van der Waals surface area contributed by atoms with Crippen molar-refractivity contribution in [2.45, 2.75) is 0 Å². The number of rotatable bonds is 2. The van der Waals surface area contributed by atoms with Crippen molar-refractivity contribution in [2.24, 2.45) is 0 Å². The Morgan fingerprint density at radius 2 is 0.844 bits per heavy atom. The fourth-order valence-electron chi connectivity index (χ4n) is 4.71. The summed E-state index contributed by atoms with van der Waals surface area (Å²) in [5, 5.41) is 21.8. The highest BCUT2D eigenvalue weighted by Gasteiger charge is 2.23. The van der Waals surface area contributed by atoms with Crippen LogP contribution in [0.4, 0.5) is 0 Å². The molecule has 0 aliphatic carbocycles. The first-order chi connectivity index (χ1) is 15.8. The number of nitriles is 2. The highest BCUT2D eigenvalue weighted by molar-refractivity contribution is 6.20. The van der Waals surface area contributed by atoms with Gasteiger partial charge in [-0.3, -0.25) is 0 Å². The van der Waals surface area contributed by atoms with Crippen LogP contribution >= 0.6 is 0 Å². The minimum atomic E-state index is 0.615. The number of fused-ring (bicyclic) bond motifs is 5. The Morgan fingerprint density at radius 1 is 0.469 bits per heavy atom. The minimum absolute atomic E-state index is 0.615. The molecular weight excluding hydrogens is 392 g/mol. The standard InChI is InChI=1S/C28H16N4/c29-17-19-9-1-5-13-23(19)31-25-15-7-3-11-21(25)28-27(31)22-12-4-8-16-26(22)32(28)24-14-6-2-10-20(24)18-30/h1-16H. The largest absolute Gasteiger partial charge is 0.306 e. The van der Waals surface area contributed by atoms with E-state index in [0.717, 1.165) is 44.2 Å². The molecule has 0 amide bonds. The summed E-state index contributed by atoms with van der Waals surface area (Å²) in [5.41, 5.74) is 7.02. The van der Waals surface area contributed by atoms with E-state index in [9.17, 15) is 10.5 Å². The van der Waals surface area contributed by atoms with Crippen LogP contribution in [0, 0.1) is 22.7 Å². The Morgan fingerprint density at radius 3 is 1.28 bits per heavy atom. The van der Waals surface area contributed by atoms with Crippen molar-refractivity contribution >= 4 is 32.8 Å². The van der Waals surface area contributed by atoms with Crippen LogP contribution in [0.3, 0.4) is 0 Å². The molecule has 0 aliphatic rings. The van der Waals surface area contributed by atoms with Crippen LogP contribution in [0.5, 0.6) is 0 Å². The maximum absolute atomic E-state index is 9.82. The third-order valence-electron chi connectivity index (χ3n) is 6.00. The van der Waals surface area contributed by atoms with Crippen LogP contribution in [-0.2, 0) is 0 Å². The summed E-state index contributed by atoms with van der Waals surface area (Å²) in [6.07, 6.45) is 0. The van der Waals surface area contributed by atoms with Gasteiger partial charge in [0.2, 0.25) is 0 Å². The Balaban J connectivity index is 1.92. The van der Waals surface area contributed by atoms with E-state index >= 15 is 0 Å². The molecular formula is C28H16N4. The van der Waals surface area contributed by atoms with Gasteiger partial charge in [0.15, 0.2) is 0 Å². The Labute approximate surface area is 184 Å². The lowest BCUT2D eigenvalue weighted by atomic mass is 10.1. The van der Waals surface area contributed by atoms with Gasteiger partial charge in [-0.25, -0.2) is 0 Å². The average molecular weight is 408 g/mol. The molecule has 4 nitrogen and oxygen atoms in total. The van der Waals surface area contributed by atoms with E-state index in [-0.39, 0.29) is 0 Å². The molecule has 0 radical (unpaired) electrons. The zero-order valence-corrected chi connectivity index (χ0v) is 17.0. The van der Waals surface area contributed by atoms with E-state index in [0.29, 0.717) is 11.1 Å². The van der Waals surface area contributed by atoms with Crippen molar-refractivity contribution in [3.63, 3.8) is 0 Å². The molecule has 0 bridgehead atoms. The molecule has 0 atom stereocenters. The van der Waals surface area contributed by atoms with E-state index in [2.05, 4.69) is 45.5 Å². The summed E-state index contributed by atoms with van der Waals surface area (Å²) in [6, 6.07) is 36.5. The molecule has 4 aromatic carbocycles. The third kappa shape index (κ3) is 2.35. The summed E-state index contributed by atoms with van der Waals surface area (Å²) in [6.45, 7) is 0. The van der Waals surface area contributed by atoms with Crippen molar-refractivity contribution < 1.29 is 0 Å². The number of hydrogen-bond donors (Lipinski definition) is 0. The SMILES string of the molecule is N#Cc1ccccc1-n1c2ccccc2c2c1c1ccccc1n2-c1ccccc1C#N. The Hall–Kier alpha value is -4.80. The van der Waals surface area contributed by atoms with Crippen molar-refractivity contribution in [2.75, 3.05) is 0 Å². The van der Waals surface area contributed by atoms with E-state index < -0.39 is 0 Å². The van der Waals surface area contributed by atoms with Crippen molar-refractivity contribution in [3.05, 3.63) is 108 Å². The molecule has 0 unspecified atom stereocenters. The van der Waals surface area contributed by atoms with Gasteiger partial charge in [0, 0.05) is 10.8 Å². The molecule has 2 heterocycles. The van der Waals surface area contributed by atoms with Crippen LogP contribution in [-0.4, -0.2) is 9.13 Å². The number of hydrogen-bond acceptors (Lipinski definition) is 2. The normalized spacial score (nSPS) is 11.1. The van der Waals surface area contributed by atoms with Gasteiger partial charge < -0.3 is 9.13 Å². The summed E-state index contributed by atoms with van der Waals surface area (Å²) < 4.78 is 4.36. The summed E-state index contributed by atoms with van der Waals surface area (Å²) in [4.78, 5) is 0. The molecule has 2 aromatic heterocycles. The molecule has 6 aromatic rings. The lowest BCUT2D eigenvalue weighted by Crippen LogP contribution is -1.97. The number of benzene rings is 4. The van der Waals surface area contributed by atoms with Crippen LogP contribution in [0.15, 0.2) is 97.1 Å². The van der Waals surface area contributed by atoms with E-state index in [1.807, 2.05) is 72.8 Å². The van der Waals surface area contributed by atoms with Gasteiger partial charge in [-0.2, -0.15) is 10.5 Å². The molecule has 148 valence electrons. The summed E-state index contributed by atoms with van der Waals surface area (Å²) in [5.74, 6) is 0. The van der Waals surface area contributed by atoms with Crippen LogP contribution in [0.2, 0.25) is 0 Å². The van der Waals surface area contributed by atoms with Gasteiger partial charge in [-0.15, -0.1) is 0 Å². The second-order valence-corrected chi connectivity index (χ2v) is 7.66. The third-order valence-corrected chi connectivity index (χ3v) is 6.00. The molecule has 4 heteroatoms. The predicted octanol–water partition coefficient (Wildman–Crippen LogP) is 6.47. The van der Waals surface area contributed by atoms with Crippen molar-refractivity contribution in [3.8, 4) is 23.5 Å². The van der Waals surface area contributed by atoms with Gasteiger partial charge in [0.1, 0.15) is 12.1 Å². The molecule has 6 rings (SSSR count). The molecule has 0 saturated carbocycles. The molecule has 0 aliphatic heterocycles. The zero-order valence-electron chi connectivity index (χ0n) is 17.0. The number of aromatic nitrogens is 2. The lowest BCUT2D eigenvalue weighted by Gasteiger charge is -2.10. The quantitative estimate of drug-likeness (QED) is 0.330. The van der Waals surface area contributed by atoms with Gasteiger partial charge in [-0.05, 0) is 36.4 Å². The first kappa shape index (κ1) is 18.0. The summed E-state index contributed by atoms with van der Waals surface area (Å²) >= 11 is 0. The fourth-order valence-corrected chi connectivity index (χ4v) is 4.71. The maximum atomic E-state index is 9.82. The Kier molecular flexibility index (Phi) is 3.87. The smallest absolute Gasteiger partial charge is 0.101 e. The average Bonchev–Trinajstić information content (AvgIpc) is 3.37. The Bertz CT molecular complexity index is 1620. The lowest BCUT2D eigenvalue weighted by molar-refractivity contribution is 1.16. The van der Waals surface area contributed by atoms with Crippen LogP contribution < -0.4 is 0 Å². The van der Waals surface area contributed by atoms with Gasteiger partial charge in [0.25, 0.3) is 0 Å². The zero-order chi connectivity index (χ0) is 21.7. The van der Waals surface area contributed by atoms with Crippen molar-refractivity contribution in [1.82, 2.24) is 9.13 Å². The first-order valence-electron chi connectivity index (χ1n) is 10.3. The number of nitrogens with zero attached hydrogens (tertiary/aromatic N) is 4. The van der Waals surface area contributed by atoms with Gasteiger partial charge >= 0.3 is 0 Å². The summed E-state index contributed by atoms with van der Waals surface area (Å²) in [7, 11) is 0. The van der Waals surface area contributed by atoms with Gasteiger partial charge in [0.05, 0.1) is 44.6 Å². The highest BCUT2D eigenvalue weighted by atomic mass is 15.1. The number of para-hydroxylation sites is 4. The topological polar surface area (TPSA) is 57.4 Å². The van der Waals surface area contributed by atoms with Crippen LogP contribution in [0.1, 0.15) is 11.1 Å². The molecule has 32 heavy (non-hydrogen) atoms. The predicted molar refractivity (Wildman–Crippen MR) is 127 cm³/mol. The second kappa shape index (κ2) is 6.87. The van der Waals surface area contributed by atoms with E-state index in [4.69, 9.17) is 0 Å². The van der Waals surface area contributed by atoms with E-state index in [1.165, 1.54) is 0 Å². The molecule has 0 saturated heterocycles. The minimum Gasteiger partial charge on any atom is -0.306 e. The second-order valence-electron chi connectivity index (χ2n) is 7.66. The fraction of sp³-hybridized carbons (Fsp3) is 0.